The summed E-state index contributed by atoms with van der Waals surface area (Å²) < 4.78 is 15.2. The maximum Gasteiger partial charge on any atom is 0.253 e. The number of fused-ring (bicyclic) bond motifs is 1. The summed E-state index contributed by atoms with van der Waals surface area (Å²) in [7, 11) is 0. The van der Waals surface area contributed by atoms with Gasteiger partial charge in [-0.15, -0.1) is 10.2 Å². The van der Waals surface area contributed by atoms with E-state index in [1.165, 1.54) is 25.0 Å². The van der Waals surface area contributed by atoms with Gasteiger partial charge in [0.15, 0.2) is 11.5 Å². The van der Waals surface area contributed by atoms with Crippen LogP contribution >= 0.6 is 0 Å². The number of carbonyl (C=O) groups excluding carboxylic acids is 1. The largest absolute Gasteiger partial charge is 0.339 e. The Bertz CT molecular complexity index is 1270. The fraction of sp³-hybridized carbons (Fsp3) is 0.269. The quantitative estimate of drug-likeness (QED) is 0.431. The average Bonchev–Trinajstić information content (AvgIpc) is 3.03. The smallest absolute Gasteiger partial charge is 0.253 e. The topological polar surface area (TPSA) is 50.5 Å². The number of carbonyl (C=O) groups is 1. The van der Waals surface area contributed by atoms with E-state index in [2.05, 4.69) is 10.2 Å². The van der Waals surface area contributed by atoms with E-state index < -0.39 is 0 Å². The highest BCUT2D eigenvalue weighted by molar-refractivity contribution is 5.95. The molecule has 0 atom stereocenters. The molecule has 0 saturated carbocycles. The van der Waals surface area contributed by atoms with E-state index in [9.17, 15) is 9.18 Å². The third-order valence-electron chi connectivity index (χ3n) is 6.18. The second-order valence-corrected chi connectivity index (χ2v) is 8.41. The van der Waals surface area contributed by atoms with Crippen molar-refractivity contribution >= 4 is 11.6 Å². The Kier molecular flexibility index (Phi) is 5.43. The molecule has 1 amide bonds. The molecule has 1 fully saturated rings. The third-order valence-corrected chi connectivity index (χ3v) is 6.18. The van der Waals surface area contributed by atoms with Gasteiger partial charge in [-0.1, -0.05) is 18.9 Å². The van der Waals surface area contributed by atoms with Gasteiger partial charge in [-0.2, -0.15) is 0 Å². The molecule has 2 aromatic heterocycles. The van der Waals surface area contributed by atoms with Crippen molar-refractivity contribution in [2.24, 2.45) is 0 Å². The molecule has 4 aromatic rings. The number of nitrogens with zero attached hydrogens (tertiary/aromatic N) is 4. The van der Waals surface area contributed by atoms with Crippen molar-refractivity contribution in [1.29, 1.82) is 0 Å². The number of hydrogen-bond donors (Lipinski definition) is 0. The van der Waals surface area contributed by atoms with E-state index >= 15 is 0 Å². The number of aryl methyl sites for hydroxylation is 1. The van der Waals surface area contributed by atoms with Crippen LogP contribution in [0.3, 0.4) is 0 Å². The van der Waals surface area contributed by atoms with Gasteiger partial charge in [0, 0.05) is 30.4 Å². The number of halogens is 1. The van der Waals surface area contributed by atoms with Crippen molar-refractivity contribution in [3.8, 4) is 22.5 Å². The van der Waals surface area contributed by atoms with Crippen LogP contribution in [0.25, 0.3) is 28.2 Å². The molecule has 1 saturated heterocycles. The molecule has 6 heteroatoms. The lowest BCUT2D eigenvalue weighted by molar-refractivity contribution is 0.0761. The summed E-state index contributed by atoms with van der Waals surface area (Å²) in [6.07, 6.45) is 6.56. The minimum Gasteiger partial charge on any atom is -0.339 e. The zero-order chi connectivity index (χ0) is 22.1. The fourth-order valence-electron chi connectivity index (χ4n) is 4.42. The number of hydrogen-bond acceptors (Lipinski definition) is 3. The Morgan fingerprint density at radius 3 is 2.31 bits per heavy atom. The van der Waals surface area contributed by atoms with E-state index in [0.29, 0.717) is 5.82 Å². The second kappa shape index (κ2) is 8.54. The maximum atomic E-state index is 13.3. The van der Waals surface area contributed by atoms with Gasteiger partial charge in [0.1, 0.15) is 5.82 Å². The lowest BCUT2D eigenvalue weighted by Crippen LogP contribution is -2.31. The molecule has 2 aromatic carbocycles. The summed E-state index contributed by atoms with van der Waals surface area (Å²) in [6, 6.07) is 16.1. The van der Waals surface area contributed by atoms with Crippen LogP contribution in [0.2, 0.25) is 0 Å². The summed E-state index contributed by atoms with van der Waals surface area (Å²) in [5.74, 6) is 0.496. The molecule has 0 N–H and O–H groups in total. The fourth-order valence-corrected chi connectivity index (χ4v) is 4.42. The zero-order valence-electron chi connectivity index (χ0n) is 18.1. The van der Waals surface area contributed by atoms with Gasteiger partial charge in [0.25, 0.3) is 5.91 Å². The highest BCUT2D eigenvalue weighted by Crippen LogP contribution is 2.27. The molecular weight excluding hydrogens is 403 g/mol. The van der Waals surface area contributed by atoms with Gasteiger partial charge >= 0.3 is 0 Å². The molecule has 0 radical (unpaired) electrons. The van der Waals surface area contributed by atoms with E-state index in [1.54, 1.807) is 12.1 Å². The van der Waals surface area contributed by atoms with Crippen molar-refractivity contribution < 1.29 is 9.18 Å². The van der Waals surface area contributed by atoms with Crippen molar-refractivity contribution in [2.75, 3.05) is 13.1 Å². The van der Waals surface area contributed by atoms with Gasteiger partial charge in [-0.3, -0.25) is 9.20 Å². The summed E-state index contributed by atoms with van der Waals surface area (Å²) in [5.41, 5.74) is 5.36. The second-order valence-electron chi connectivity index (χ2n) is 8.41. The van der Waals surface area contributed by atoms with Crippen LogP contribution in [0.5, 0.6) is 0 Å². The average molecular weight is 429 g/mol. The lowest BCUT2D eigenvalue weighted by atomic mass is 9.99. The van der Waals surface area contributed by atoms with E-state index in [4.69, 9.17) is 0 Å². The van der Waals surface area contributed by atoms with E-state index in [-0.39, 0.29) is 11.7 Å². The summed E-state index contributed by atoms with van der Waals surface area (Å²) >= 11 is 0. The SMILES string of the molecule is Cc1cc(C(=O)N2CCCCCC2)ccc1-c1ccc2nnc(-c3ccc(F)cc3)n2c1. The van der Waals surface area contributed by atoms with Crippen molar-refractivity contribution in [3.63, 3.8) is 0 Å². The Labute approximate surface area is 186 Å². The highest BCUT2D eigenvalue weighted by Gasteiger charge is 2.18. The summed E-state index contributed by atoms with van der Waals surface area (Å²) in [5, 5.41) is 8.53. The highest BCUT2D eigenvalue weighted by atomic mass is 19.1. The molecule has 162 valence electrons. The summed E-state index contributed by atoms with van der Waals surface area (Å²) in [4.78, 5) is 15.0. The maximum absolute atomic E-state index is 13.3. The Balaban J connectivity index is 1.48. The van der Waals surface area contributed by atoms with Crippen molar-refractivity contribution in [2.45, 2.75) is 32.6 Å². The monoisotopic (exact) mass is 428 g/mol. The Morgan fingerprint density at radius 1 is 0.875 bits per heavy atom. The minimum atomic E-state index is -0.284. The molecule has 1 aliphatic rings. The molecule has 0 bridgehead atoms. The van der Waals surface area contributed by atoms with Crippen LogP contribution in [0, 0.1) is 12.7 Å². The third kappa shape index (κ3) is 3.88. The standard InChI is InChI=1S/C26H25FN4O/c1-18-16-20(26(32)30-14-4-2-3-5-15-30)8-12-23(18)21-9-13-24-28-29-25(31(24)17-21)19-6-10-22(27)11-7-19/h6-13,16-17H,2-5,14-15H2,1H3. The number of rotatable bonds is 3. The Hall–Kier alpha value is -3.54. The normalized spacial score (nSPS) is 14.5. The first-order chi connectivity index (χ1) is 15.6. The molecule has 5 nitrogen and oxygen atoms in total. The van der Waals surface area contributed by atoms with Crippen molar-refractivity contribution in [3.05, 3.63) is 77.7 Å². The first-order valence-corrected chi connectivity index (χ1v) is 11.1. The molecule has 0 unspecified atom stereocenters. The van der Waals surface area contributed by atoms with Gasteiger partial charge < -0.3 is 4.90 Å². The van der Waals surface area contributed by atoms with Crippen LogP contribution in [-0.2, 0) is 0 Å². The van der Waals surface area contributed by atoms with Crippen LogP contribution in [-0.4, -0.2) is 38.5 Å². The molecular formula is C26H25FN4O. The summed E-state index contributed by atoms with van der Waals surface area (Å²) in [6.45, 7) is 3.72. The first-order valence-electron chi connectivity index (χ1n) is 11.1. The molecule has 0 spiro atoms. The van der Waals surface area contributed by atoms with Gasteiger partial charge in [-0.25, -0.2) is 4.39 Å². The number of benzene rings is 2. The molecule has 0 aliphatic carbocycles. The number of aromatic nitrogens is 3. The van der Waals surface area contributed by atoms with Crippen molar-refractivity contribution in [1.82, 2.24) is 19.5 Å². The molecule has 5 rings (SSSR count). The van der Waals surface area contributed by atoms with Gasteiger partial charge in [0.05, 0.1) is 0 Å². The number of likely N-dealkylation sites (tertiary alicyclic amines) is 1. The van der Waals surface area contributed by atoms with Gasteiger partial charge in [-0.05, 0) is 85.0 Å². The molecule has 1 aliphatic heterocycles. The predicted octanol–water partition coefficient (Wildman–Crippen LogP) is 5.53. The zero-order valence-corrected chi connectivity index (χ0v) is 18.1. The first kappa shape index (κ1) is 20.4. The van der Waals surface area contributed by atoms with Crippen LogP contribution in [0.15, 0.2) is 60.8 Å². The van der Waals surface area contributed by atoms with Crippen LogP contribution < -0.4 is 0 Å². The van der Waals surface area contributed by atoms with E-state index in [0.717, 1.165) is 59.4 Å². The number of amides is 1. The molecule has 3 heterocycles. The van der Waals surface area contributed by atoms with E-state index in [1.807, 2.05) is 52.8 Å². The van der Waals surface area contributed by atoms with Crippen LogP contribution in [0.4, 0.5) is 4.39 Å². The van der Waals surface area contributed by atoms with Crippen LogP contribution in [0.1, 0.15) is 41.6 Å². The molecule has 32 heavy (non-hydrogen) atoms. The van der Waals surface area contributed by atoms with Gasteiger partial charge in [0.2, 0.25) is 0 Å². The number of pyridine rings is 1. The lowest BCUT2D eigenvalue weighted by Gasteiger charge is -2.21. The Morgan fingerprint density at radius 2 is 1.59 bits per heavy atom. The minimum absolute atomic E-state index is 0.120. The predicted molar refractivity (Wildman–Crippen MR) is 123 cm³/mol.